The summed E-state index contributed by atoms with van der Waals surface area (Å²) in [5, 5.41) is 3.20. The zero-order valence-electron chi connectivity index (χ0n) is 39.2. The number of aryl methyl sites for hydroxylation is 2. The molecule has 7 N–H and O–H groups in total. The Hall–Kier alpha value is -4.81. The van der Waals surface area contributed by atoms with Crippen LogP contribution in [0.2, 0.25) is 0 Å². The van der Waals surface area contributed by atoms with E-state index in [0.717, 1.165) is 66.6 Å². The zero-order valence-corrected chi connectivity index (χ0v) is 39.2. The highest BCUT2D eigenvalue weighted by molar-refractivity contribution is 5.70. The lowest BCUT2D eigenvalue weighted by Gasteiger charge is -2.32. The van der Waals surface area contributed by atoms with Crippen molar-refractivity contribution in [1.29, 1.82) is 0 Å². The highest BCUT2D eigenvalue weighted by Crippen LogP contribution is 2.24. The molecule has 0 aliphatic carbocycles. The van der Waals surface area contributed by atoms with Gasteiger partial charge in [-0.3, -0.25) is 14.4 Å². The van der Waals surface area contributed by atoms with Gasteiger partial charge in [0.05, 0.1) is 85.7 Å². The van der Waals surface area contributed by atoms with Crippen LogP contribution in [0.3, 0.4) is 0 Å². The van der Waals surface area contributed by atoms with Crippen LogP contribution in [-0.2, 0) is 76.4 Å². The van der Waals surface area contributed by atoms with Crippen LogP contribution >= 0.6 is 0 Å². The van der Waals surface area contributed by atoms with Crippen LogP contribution in [0.1, 0.15) is 75.0 Å². The molecule has 66 heavy (non-hydrogen) atoms. The third kappa shape index (κ3) is 25.8. The number of esters is 3. The molecule has 0 aliphatic heterocycles. The van der Waals surface area contributed by atoms with E-state index in [0.29, 0.717) is 97.5 Å². The summed E-state index contributed by atoms with van der Waals surface area (Å²) in [6.45, 7) is 7.45. The summed E-state index contributed by atoms with van der Waals surface area (Å²) in [6, 6.07) is 23.1. The monoisotopic (exact) mass is 925 g/mol. The third-order valence-electron chi connectivity index (χ3n) is 10.7. The Morgan fingerprint density at radius 1 is 0.455 bits per heavy atom. The van der Waals surface area contributed by atoms with Crippen LogP contribution in [0.5, 0.6) is 0 Å². The lowest BCUT2D eigenvalue weighted by molar-refractivity contribution is -0.146. The second kappa shape index (κ2) is 35.4. The van der Waals surface area contributed by atoms with Crippen LogP contribution in [-0.4, -0.2) is 124 Å². The van der Waals surface area contributed by atoms with Crippen LogP contribution in [0, 0.1) is 5.41 Å². The number of rotatable bonds is 40. The number of ether oxygens (including phenoxy) is 9. The van der Waals surface area contributed by atoms with Crippen molar-refractivity contribution >= 4 is 35.0 Å². The van der Waals surface area contributed by atoms with E-state index < -0.39 is 5.41 Å². The van der Waals surface area contributed by atoms with E-state index in [9.17, 15) is 14.4 Å². The Morgan fingerprint density at radius 2 is 0.803 bits per heavy atom. The molecule has 3 aromatic carbocycles. The maximum Gasteiger partial charge on any atom is 0.307 e. The van der Waals surface area contributed by atoms with E-state index in [-0.39, 0.29) is 64.0 Å². The van der Waals surface area contributed by atoms with Gasteiger partial charge in [0.25, 0.3) is 0 Å². The van der Waals surface area contributed by atoms with Gasteiger partial charge < -0.3 is 65.1 Å². The quantitative estimate of drug-likeness (QED) is 0.0227. The molecule has 0 radical (unpaired) electrons. The number of nitrogens with two attached hydrogens (primary N) is 3. The Labute approximate surface area is 391 Å². The van der Waals surface area contributed by atoms with Crippen molar-refractivity contribution < 1.29 is 57.0 Å². The van der Waals surface area contributed by atoms with Crippen LogP contribution in [0.25, 0.3) is 0 Å². The normalized spacial score (nSPS) is 11.4. The molecule has 0 unspecified atom stereocenters. The minimum Gasteiger partial charge on any atom is -0.463 e. The van der Waals surface area contributed by atoms with Gasteiger partial charge in [0.1, 0.15) is 19.8 Å². The average Bonchev–Trinajstić information content (AvgIpc) is 3.32. The second-order valence-corrected chi connectivity index (χ2v) is 15.9. The molecule has 0 aliphatic rings. The summed E-state index contributed by atoms with van der Waals surface area (Å²) < 4.78 is 51.0. The molecule has 0 atom stereocenters. The minimum atomic E-state index is -0.459. The van der Waals surface area contributed by atoms with Crippen molar-refractivity contribution in [3.63, 3.8) is 0 Å². The molecule has 0 fully saturated rings. The van der Waals surface area contributed by atoms with Gasteiger partial charge >= 0.3 is 17.9 Å². The molecule has 0 amide bonds. The molecule has 0 heterocycles. The van der Waals surface area contributed by atoms with Crippen LogP contribution < -0.4 is 22.5 Å². The number of unbranched alkanes of at least 4 members (excludes halogenated alkanes) is 2. The molecule has 16 heteroatoms. The summed E-state index contributed by atoms with van der Waals surface area (Å²) in [4.78, 5) is 36.4. The van der Waals surface area contributed by atoms with Crippen molar-refractivity contribution in [2.45, 2.75) is 77.7 Å². The number of hydrogen-bond donors (Lipinski definition) is 4. The Kier molecular flexibility index (Phi) is 29.8. The van der Waals surface area contributed by atoms with E-state index in [1.54, 1.807) is 0 Å². The van der Waals surface area contributed by atoms with Crippen molar-refractivity contribution in [3.8, 4) is 0 Å². The number of nitrogens with one attached hydrogen (secondary N) is 1. The molecule has 16 nitrogen and oxygen atoms in total. The van der Waals surface area contributed by atoms with Gasteiger partial charge in [-0.2, -0.15) is 0 Å². The van der Waals surface area contributed by atoms with Gasteiger partial charge in [0.2, 0.25) is 0 Å². The number of carbonyl (C=O) groups excluding carboxylic acids is 3. The maximum atomic E-state index is 12.2. The highest BCUT2D eigenvalue weighted by Gasteiger charge is 2.30. The molecule has 3 aromatic rings. The van der Waals surface area contributed by atoms with Gasteiger partial charge in [-0.05, 0) is 79.8 Å². The maximum absolute atomic E-state index is 12.2. The summed E-state index contributed by atoms with van der Waals surface area (Å²) in [5.41, 5.74) is 22.9. The number of para-hydroxylation sites is 3. The Morgan fingerprint density at radius 3 is 1.20 bits per heavy atom. The first-order valence-electron chi connectivity index (χ1n) is 23.4. The molecule has 0 aromatic heterocycles. The SMILES string of the molecule is CCC(COCCOCCOC(=O)CCCCc1ccccc1N)(COCCOCCOC(=O)CCCCc1ccccc1N)COCCOCCOC(=O)CCNCc1ccccc1N. The number of hydrogen-bond acceptors (Lipinski definition) is 16. The standard InChI is InChI=1S/C50H76N4O12/c1-2-50(38-61-28-25-58-31-34-64-47(55)21-11-6-15-41-13-3-8-18-44(41)51,39-62-29-26-59-32-35-65-48(56)22-12-7-16-42-14-4-9-19-45(42)52)40-63-30-27-60-33-36-66-49(57)23-24-54-37-43-17-5-10-20-46(43)53/h3-5,8-10,13-14,17-20,54H,2,6-7,11-12,15-16,21-40,51-53H2,1H3. The highest BCUT2D eigenvalue weighted by atomic mass is 16.6. The molecule has 0 saturated heterocycles. The first-order chi connectivity index (χ1) is 32.2. The number of benzene rings is 3. The fourth-order valence-electron chi connectivity index (χ4n) is 6.62. The summed E-state index contributed by atoms with van der Waals surface area (Å²) in [5.74, 6) is -0.799. The molecule has 0 bridgehead atoms. The van der Waals surface area contributed by atoms with Crippen molar-refractivity contribution in [1.82, 2.24) is 5.32 Å². The Balaban J connectivity index is 1.27. The largest absolute Gasteiger partial charge is 0.463 e. The number of anilines is 3. The minimum absolute atomic E-state index is 0.150. The third-order valence-corrected chi connectivity index (χ3v) is 10.7. The van der Waals surface area contributed by atoms with Crippen LogP contribution in [0.4, 0.5) is 17.1 Å². The first-order valence-corrected chi connectivity index (χ1v) is 23.4. The zero-order chi connectivity index (χ0) is 47.3. The molecule has 368 valence electrons. The second-order valence-electron chi connectivity index (χ2n) is 15.9. The fraction of sp³-hybridized carbons (Fsp3) is 0.580. The first kappa shape index (κ1) is 55.5. The van der Waals surface area contributed by atoms with Gasteiger partial charge in [-0.15, -0.1) is 0 Å². The van der Waals surface area contributed by atoms with Crippen molar-refractivity contribution in [2.75, 3.05) is 123 Å². The summed E-state index contributed by atoms with van der Waals surface area (Å²) in [7, 11) is 0. The van der Waals surface area contributed by atoms with Crippen molar-refractivity contribution in [2.24, 2.45) is 5.41 Å². The Bertz CT molecular complexity index is 1570. The van der Waals surface area contributed by atoms with E-state index in [4.69, 9.17) is 59.8 Å². The van der Waals surface area contributed by atoms with E-state index >= 15 is 0 Å². The smallest absolute Gasteiger partial charge is 0.307 e. The molecule has 3 rings (SSSR count). The lowest BCUT2D eigenvalue weighted by atomic mass is 9.88. The fourth-order valence-corrected chi connectivity index (χ4v) is 6.62. The summed E-state index contributed by atoms with van der Waals surface area (Å²) in [6.07, 6.45) is 6.45. The molecular weight excluding hydrogens is 849 g/mol. The van der Waals surface area contributed by atoms with Crippen LogP contribution in [0.15, 0.2) is 72.8 Å². The number of nitrogen functional groups attached to an aromatic ring is 3. The van der Waals surface area contributed by atoms with E-state index in [1.165, 1.54) is 0 Å². The molecule has 0 saturated carbocycles. The van der Waals surface area contributed by atoms with Crippen molar-refractivity contribution in [3.05, 3.63) is 89.5 Å². The van der Waals surface area contributed by atoms with Gasteiger partial charge in [0.15, 0.2) is 0 Å². The van der Waals surface area contributed by atoms with Gasteiger partial charge in [0, 0.05) is 48.4 Å². The molecule has 0 spiro atoms. The predicted octanol–water partition coefficient (Wildman–Crippen LogP) is 5.86. The van der Waals surface area contributed by atoms with E-state index in [2.05, 4.69) is 12.2 Å². The predicted molar refractivity (Wildman–Crippen MR) is 255 cm³/mol. The van der Waals surface area contributed by atoms with E-state index in [1.807, 2.05) is 72.8 Å². The van der Waals surface area contributed by atoms with Gasteiger partial charge in [-0.25, -0.2) is 0 Å². The molecular formula is C50H76N4O12. The van der Waals surface area contributed by atoms with Gasteiger partial charge in [-0.1, -0.05) is 61.5 Å². The average molecular weight is 925 g/mol. The lowest BCUT2D eigenvalue weighted by Crippen LogP contribution is -2.38. The summed E-state index contributed by atoms with van der Waals surface area (Å²) >= 11 is 0. The topological polar surface area (TPSA) is 224 Å². The number of carbonyl (C=O) groups is 3.